The smallest absolute Gasteiger partial charge is 0.302 e. The monoisotopic (exact) mass is 390 g/mol. The second-order valence-electron chi connectivity index (χ2n) is 6.77. The van der Waals surface area contributed by atoms with E-state index in [0.29, 0.717) is 22.0 Å². The number of hydrogen-bond acceptors (Lipinski definition) is 2. The Labute approximate surface area is 164 Å². The van der Waals surface area contributed by atoms with Crippen molar-refractivity contribution in [2.24, 2.45) is 7.05 Å². The van der Waals surface area contributed by atoms with E-state index in [0.717, 1.165) is 40.8 Å². The van der Waals surface area contributed by atoms with E-state index in [-0.39, 0.29) is 0 Å². The summed E-state index contributed by atoms with van der Waals surface area (Å²) in [6, 6.07) is 8.39. The SMILES string of the molecule is CCC(CC)c1ccc(Cl)c2nc(Oc3c(C)cc(Cl)cc3C)n(C)c12. The Bertz CT molecular complexity index is 935. The van der Waals surface area contributed by atoms with Gasteiger partial charge in [-0.3, -0.25) is 4.57 Å². The van der Waals surface area contributed by atoms with Gasteiger partial charge >= 0.3 is 6.01 Å². The predicted octanol–water partition coefficient (Wildman–Crippen LogP) is 7.19. The van der Waals surface area contributed by atoms with E-state index in [4.69, 9.17) is 32.9 Å². The van der Waals surface area contributed by atoms with Crippen LogP contribution in [0.2, 0.25) is 10.0 Å². The summed E-state index contributed by atoms with van der Waals surface area (Å²) < 4.78 is 8.20. The Kier molecular flexibility index (Phi) is 5.50. The minimum absolute atomic E-state index is 0.469. The summed E-state index contributed by atoms with van der Waals surface area (Å²) in [6.45, 7) is 8.39. The third-order valence-corrected chi connectivity index (χ3v) is 5.53. The molecule has 3 nitrogen and oxygen atoms in total. The van der Waals surface area contributed by atoms with Crippen molar-refractivity contribution in [2.75, 3.05) is 0 Å². The van der Waals surface area contributed by atoms with Crippen LogP contribution in [0, 0.1) is 13.8 Å². The van der Waals surface area contributed by atoms with Crippen molar-refractivity contribution in [3.63, 3.8) is 0 Å². The molecule has 0 aliphatic heterocycles. The van der Waals surface area contributed by atoms with Gasteiger partial charge in [0.1, 0.15) is 11.3 Å². The molecular weight excluding hydrogens is 367 g/mol. The molecule has 0 saturated carbocycles. The van der Waals surface area contributed by atoms with Crippen LogP contribution in [0.25, 0.3) is 11.0 Å². The van der Waals surface area contributed by atoms with E-state index < -0.39 is 0 Å². The van der Waals surface area contributed by atoms with Crippen LogP contribution in [-0.2, 0) is 7.05 Å². The summed E-state index contributed by atoms with van der Waals surface area (Å²) in [5.41, 5.74) is 5.06. The average molecular weight is 391 g/mol. The number of aromatic nitrogens is 2. The van der Waals surface area contributed by atoms with Crippen LogP contribution >= 0.6 is 23.2 Å². The molecular formula is C21H24Cl2N2O. The van der Waals surface area contributed by atoms with E-state index in [2.05, 4.69) is 19.9 Å². The van der Waals surface area contributed by atoms with Gasteiger partial charge in [-0.05, 0) is 67.5 Å². The number of hydrogen-bond donors (Lipinski definition) is 0. The lowest BCUT2D eigenvalue weighted by atomic mass is 9.93. The molecule has 3 rings (SSSR count). The predicted molar refractivity (Wildman–Crippen MR) is 110 cm³/mol. The maximum absolute atomic E-state index is 6.44. The Morgan fingerprint density at radius 3 is 2.27 bits per heavy atom. The first kappa shape index (κ1) is 19.1. The molecule has 0 radical (unpaired) electrons. The maximum atomic E-state index is 6.44. The van der Waals surface area contributed by atoms with E-state index in [1.54, 1.807) is 0 Å². The van der Waals surface area contributed by atoms with Crippen LogP contribution in [0.15, 0.2) is 24.3 Å². The van der Waals surface area contributed by atoms with Crippen molar-refractivity contribution < 1.29 is 4.74 Å². The summed E-state index contributed by atoms with van der Waals surface area (Å²) in [5.74, 6) is 1.25. The molecule has 1 aromatic heterocycles. The van der Waals surface area contributed by atoms with E-state index in [1.807, 2.05) is 43.7 Å². The third-order valence-electron chi connectivity index (χ3n) is 5.01. The largest absolute Gasteiger partial charge is 0.425 e. The zero-order valence-electron chi connectivity index (χ0n) is 15.9. The van der Waals surface area contributed by atoms with Gasteiger partial charge in [0.2, 0.25) is 0 Å². The minimum atomic E-state index is 0.469. The van der Waals surface area contributed by atoms with Crippen molar-refractivity contribution >= 4 is 34.2 Å². The fourth-order valence-corrected chi connectivity index (χ4v) is 4.12. The second kappa shape index (κ2) is 7.50. The molecule has 1 heterocycles. The second-order valence-corrected chi connectivity index (χ2v) is 7.62. The Morgan fingerprint density at radius 2 is 1.69 bits per heavy atom. The normalized spacial score (nSPS) is 11.5. The van der Waals surface area contributed by atoms with Crippen molar-refractivity contribution in [2.45, 2.75) is 46.5 Å². The highest BCUT2D eigenvalue weighted by molar-refractivity contribution is 6.35. The minimum Gasteiger partial charge on any atom is -0.425 e. The molecule has 0 aliphatic rings. The van der Waals surface area contributed by atoms with Crippen molar-refractivity contribution in [3.05, 3.63) is 51.0 Å². The highest BCUT2D eigenvalue weighted by Crippen LogP contribution is 2.37. The summed E-state index contributed by atoms with van der Waals surface area (Å²) in [5, 5.41) is 1.35. The zero-order chi connectivity index (χ0) is 19.0. The number of fused-ring (bicyclic) bond motifs is 1. The van der Waals surface area contributed by atoms with Crippen LogP contribution < -0.4 is 4.74 Å². The van der Waals surface area contributed by atoms with Crippen LogP contribution in [0.1, 0.15) is 49.3 Å². The van der Waals surface area contributed by atoms with E-state index >= 15 is 0 Å². The van der Waals surface area contributed by atoms with Gasteiger partial charge in [-0.15, -0.1) is 0 Å². The highest BCUT2D eigenvalue weighted by atomic mass is 35.5. The van der Waals surface area contributed by atoms with Gasteiger partial charge < -0.3 is 4.74 Å². The molecule has 0 atom stereocenters. The lowest BCUT2D eigenvalue weighted by Crippen LogP contribution is -2.01. The summed E-state index contributed by atoms with van der Waals surface area (Å²) in [6.07, 6.45) is 2.15. The van der Waals surface area contributed by atoms with Crippen LogP contribution in [0.4, 0.5) is 0 Å². The molecule has 3 aromatic rings. The van der Waals surface area contributed by atoms with Gasteiger partial charge in [0.15, 0.2) is 0 Å². The fraction of sp³-hybridized carbons (Fsp3) is 0.381. The number of benzene rings is 2. The molecule has 26 heavy (non-hydrogen) atoms. The Morgan fingerprint density at radius 1 is 1.08 bits per heavy atom. The molecule has 0 aliphatic carbocycles. The first-order valence-electron chi connectivity index (χ1n) is 8.96. The van der Waals surface area contributed by atoms with Gasteiger partial charge in [-0.25, -0.2) is 0 Å². The zero-order valence-corrected chi connectivity index (χ0v) is 17.4. The molecule has 0 spiro atoms. The fourth-order valence-electron chi connectivity index (χ4n) is 3.59. The van der Waals surface area contributed by atoms with Gasteiger partial charge in [-0.1, -0.05) is 43.1 Å². The molecule has 0 N–H and O–H groups in total. The lowest BCUT2D eigenvalue weighted by Gasteiger charge is -2.16. The van der Waals surface area contributed by atoms with Gasteiger partial charge in [0, 0.05) is 12.1 Å². The van der Waals surface area contributed by atoms with Crippen molar-refractivity contribution in [1.29, 1.82) is 0 Å². The summed E-state index contributed by atoms with van der Waals surface area (Å²) >= 11 is 12.6. The van der Waals surface area contributed by atoms with Crippen molar-refractivity contribution in [3.8, 4) is 11.8 Å². The number of nitrogens with zero attached hydrogens (tertiary/aromatic N) is 2. The molecule has 0 fully saturated rings. The van der Waals surface area contributed by atoms with Gasteiger partial charge in [0.25, 0.3) is 0 Å². The van der Waals surface area contributed by atoms with Crippen LogP contribution in [0.5, 0.6) is 11.8 Å². The molecule has 0 amide bonds. The first-order valence-corrected chi connectivity index (χ1v) is 9.72. The highest BCUT2D eigenvalue weighted by Gasteiger charge is 2.20. The third kappa shape index (κ3) is 3.30. The Hall–Kier alpha value is -1.71. The number of imidazole rings is 1. The molecule has 2 aromatic carbocycles. The lowest BCUT2D eigenvalue weighted by molar-refractivity contribution is 0.421. The summed E-state index contributed by atoms with van der Waals surface area (Å²) in [7, 11) is 1.98. The number of halogens is 2. The molecule has 138 valence electrons. The van der Waals surface area contributed by atoms with Gasteiger partial charge in [0.05, 0.1) is 10.5 Å². The van der Waals surface area contributed by atoms with Crippen LogP contribution in [-0.4, -0.2) is 9.55 Å². The standard InChI is InChI=1S/C21H24Cl2N2O/c1-6-14(7-2)16-8-9-17(23)18-19(16)25(5)21(24-18)26-20-12(3)10-15(22)11-13(20)4/h8-11,14H,6-7H2,1-5H3. The number of ether oxygens (including phenoxy) is 1. The quantitative estimate of drug-likeness (QED) is 0.460. The topological polar surface area (TPSA) is 27.1 Å². The maximum Gasteiger partial charge on any atom is 0.302 e. The Balaban J connectivity index is 2.16. The molecule has 0 unspecified atom stereocenters. The molecule has 0 bridgehead atoms. The van der Waals surface area contributed by atoms with E-state index in [1.165, 1.54) is 5.56 Å². The number of rotatable bonds is 5. The van der Waals surface area contributed by atoms with E-state index in [9.17, 15) is 0 Å². The van der Waals surface area contributed by atoms with Gasteiger partial charge in [-0.2, -0.15) is 4.98 Å². The first-order chi connectivity index (χ1) is 12.4. The summed E-state index contributed by atoms with van der Waals surface area (Å²) in [4.78, 5) is 4.70. The molecule has 0 saturated heterocycles. The number of aryl methyl sites for hydroxylation is 3. The average Bonchev–Trinajstić information content (AvgIpc) is 2.92. The molecule has 5 heteroatoms. The van der Waals surface area contributed by atoms with Crippen LogP contribution in [0.3, 0.4) is 0 Å². The van der Waals surface area contributed by atoms with Crippen molar-refractivity contribution in [1.82, 2.24) is 9.55 Å².